The van der Waals surface area contributed by atoms with E-state index >= 15 is 0 Å². The van der Waals surface area contributed by atoms with Gasteiger partial charge in [0, 0.05) is 33.1 Å². The van der Waals surface area contributed by atoms with Crippen molar-refractivity contribution in [3.05, 3.63) is 24.3 Å². The Balaban J connectivity index is 1.22. The second kappa shape index (κ2) is 25.6. The van der Waals surface area contributed by atoms with Crippen LogP contribution in [0.5, 0.6) is 0 Å². The van der Waals surface area contributed by atoms with Crippen LogP contribution in [0.15, 0.2) is 28.6 Å². The van der Waals surface area contributed by atoms with Crippen LogP contribution in [0.2, 0.25) is 6.04 Å². The zero-order chi connectivity index (χ0) is 28.6. The average Bonchev–Trinajstić information content (AvgIpc) is 3.40. The van der Waals surface area contributed by atoms with Gasteiger partial charge in [0.15, 0.2) is 4.34 Å². The third-order valence-electron chi connectivity index (χ3n) is 6.90. The van der Waals surface area contributed by atoms with Gasteiger partial charge in [-0.3, -0.25) is 0 Å². The van der Waals surface area contributed by atoms with Crippen LogP contribution in [-0.2, 0) is 13.3 Å². The first-order valence-electron chi connectivity index (χ1n) is 14.7. The molecule has 0 N–H and O–H groups in total. The normalized spacial score (nSPS) is 12.1. The number of thiazole rings is 1. The molecule has 230 valence electrons. The molecule has 0 fully saturated rings. The minimum absolute atomic E-state index is 0.931. The molecule has 1 aromatic carbocycles. The quantitative estimate of drug-likeness (QED) is 0.0487. The summed E-state index contributed by atoms with van der Waals surface area (Å²) in [7, 11) is 14.0. The number of unbranched alkanes of at least 4 members (excludes halogenated alkanes) is 15. The molecule has 0 aliphatic rings. The van der Waals surface area contributed by atoms with Crippen molar-refractivity contribution in [1.29, 1.82) is 0 Å². The average molecular weight is 700 g/mol. The molecule has 1 heterocycles. The molecule has 0 unspecified atom stereocenters. The number of para-hydroxylation sites is 1. The highest BCUT2D eigenvalue weighted by atomic mass is 33.9. The zero-order valence-electron chi connectivity index (χ0n) is 24.6. The van der Waals surface area contributed by atoms with Crippen LogP contribution in [0.3, 0.4) is 0 Å². The summed E-state index contributed by atoms with van der Waals surface area (Å²) >= 11 is 1.78. The lowest BCUT2D eigenvalue weighted by molar-refractivity contribution is 0.122. The van der Waals surface area contributed by atoms with Gasteiger partial charge in [0.25, 0.3) is 0 Å². The summed E-state index contributed by atoms with van der Waals surface area (Å²) in [5, 5.41) is 0. The van der Waals surface area contributed by atoms with Crippen molar-refractivity contribution >= 4 is 91.2 Å². The van der Waals surface area contributed by atoms with E-state index in [1.807, 2.05) is 50.1 Å². The van der Waals surface area contributed by atoms with E-state index < -0.39 is 8.80 Å². The van der Waals surface area contributed by atoms with Gasteiger partial charge in [0.1, 0.15) is 0 Å². The number of rotatable bonds is 28. The van der Waals surface area contributed by atoms with Crippen LogP contribution >= 0.6 is 72.2 Å². The Kier molecular flexibility index (Phi) is 24.0. The highest BCUT2D eigenvalue weighted by molar-refractivity contribution is 9.41. The van der Waals surface area contributed by atoms with Crippen molar-refractivity contribution in [3.8, 4) is 0 Å². The molecule has 0 spiro atoms. The van der Waals surface area contributed by atoms with E-state index in [1.165, 1.54) is 107 Å². The van der Waals surface area contributed by atoms with Crippen molar-refractivity contribution in [1.82, 2.24) is 4.98 Å². The number of nitrogens with zero attached hydrogens (tertiary/aromatic N) is 1. The van der Waals surface area contributed by atoms with Gasteiger partial charge in [-0.05, 0) is 75.1 Å². The van der Waals surface area contributed by atoms with E-state index in [4.69, 9.17) is 13.3 Å². The number of aromatic nitrogens is 1. The lowest BCUT2D eigenvalue weighted by Gasteiger charge is -2.24. The monoisotopic (exact) mass is 699 g/mol. The van der Waals surface area contributed by atoms with Crippen LogP contribution in [0.25, 0.3) is 10.2 Å². The smallest absolute Gasteiger partial charge is 0.377 e. The highest BCUT2D eigenvalue weighted by Crippen LogP contribution is 2.54. The molecule has 0 saturated carbocycles. The van der Waals surface area contributed by atoms with E-state index in [0.29, 0.717) is 0 Å². The Morgan fingerprint density at radius 3 is 1.68 bits per heavy atom. The third-order valence-corrected chi connectivity index (χ3v) is 21.8. The molecule has 2 rings (SSSR count). The summed E-state index contributed by atoms with van der Waals surface area (Å²) in [6.45, 7) is 0. The maximum Gasteiger partial charge on any atom is 0.500 e. The molecule has 12 heteroatoms. The van der Waals surface area contributed by atoms with E-state index in [2.05, 4.69) is 29.2 Å². The molecule has 2 aromatic rings. The van der Waals surface area contributed by atoms with Gasteiger partial charge in [-0.15, -0.1) is 11.3 Å². The number of hydrogen-bond donors (Lipinski definition) is 0. The summed E-state index contributed by atoms with van der Waals surface area (Å²) in [6, 6.07) is 9.30. The molecule has 0 atom stereocenters. The Morgan fingerprint density at radius 1 is 0.625 bits per heavy atom. The SMILES string of the molecule is CO[Si](CCCCCCCCCCCCCCCCCCSSSSSSc1nc2ccccc2s1)(OC)OC. The van der Waals surface area contributed by atoms with Crippen LogP contribution in [-0.4, -0.2) is 40.9 Å². The van der Waals surface area contributed by atoms with Crippen molar-refractivity contribution in [2.75, 3.05) is 27.1 Å². The molecule has 0 saturated heterocycles. The lowest BCUT2D eigenvalue weighted by Crippen LogP contribution is -2.42. The Labute approximate surface area is 271 Å². The lowest BCUT2D eigenvalue weighted by atomic mass is 10.0. The summed E-state index contributed by atoms with van der Waals surface area (Å²) < 4.78 is 18.9. The third kappa shape index (κ3) is 17.6. The number of benzene rings is 1. The maximum atomic E-state index is 5.49. The van der Waals surface area contributed by atoms with Crippen molar-refractivity contribution in [2.24, 2.45) is 0 Å². The summed E-state index contributed by atoms with van der Waals surface area (Å²) in [6.07, 6.45) is 22.0. The highest BCUT2D eigenvalue weighted by Gasteiger charge is 2.36. The van der Waals surface area contributed by atoms with Gasteiger partial charge in [-0.1, -0.05) is 113 Å². The summed E-state index contributed by atoms with van der Waals surface area (Å²) in [5.41, 5.74) is 1.11. The van der Waals surface area contributed by atoms with Crippen LogP contribution in [0.1, 0.15) is 103 Å². The molecule has 40 heavy (non-hydrogen) atoms. The van der Waals surface area contributed by atoms with Crippen LogP contribution in [0, 0.1) is 0 Å². The minimum atomic E-state index is -2.35. The first-order valence-corrected chi connectivity index (χ1v) is 25.1. The fraction of sp³-hybridized carbons (Fsp3) is 0.750. The van der Waals surface area contributed by atoms with Crippen LogP contribution in [0.4, 0.5) is 0 Å². The van der Waals surface area contributed by atoms with Gasteiger partial charge >= 0.3 is 8.80 Å². The molecule has 0 aliphatic carbocycles. The van der Waals surface area contributed by atoms with Gasteiger partial charge in [-0.2, -0.15) is 0 Å². The van der Waals surface area contributed by atoms with Crippen molar-refractivity contribution < 1.29 is 13.3 Å². The van der Waals surface area contributed by atoms with Crippen molar-refractivity contribution in [3.63, 3.8) is 0 Å². The predicted octanol–water partition coefficient (Wildman–Crippen LogP) is 12.7. The standard InChI is InChI=1S/C28H49NO3S7Si/c1-30-40(31-2,32-3)25-21-17-15-13-11-9-7-5-4-6-8-10-12-14-16-20-24-33-36-38-39-37-35-28-29-26-22-18-19-23-27(26)34-28/h18-19,22-23H,4-17,20-21,24-25H2,1-3H3. The van der Waals surface area contributed by atoms with E-state index in [9.17, 15) is 0 Å². The molecule has 0 amide bonds. The van der Waals surface area contributed by atoms with Crippen molar-refractivity contribution in [2.45, 2.75) is 113 Å². The second-order valence-corrected chi connectivity index (χ2v) is 23.7. The van der Waals surface area contributed by atoms with Gasteiger partial charge in [0.05, 0.1) is 10.2 Å². The number of fused-ring (bicyclic) bond motifs is 1. The molecule has 0 bridgehead atoms. The minimum Gasteiger partial charge on any atom is -0.377 e. The largest absolute Gasteiger partial charge is 0.500 e. The Bertz CT molecular complexity index is 819. The van der Waals surface area contributed by atoms with E-state index in [0.717, 1.165) is 22.3 Å². The fourth-order valence-corrected chi connectivity index (χ4v) is 19.2. The first-order chi connectivity index (χ1) is 19.7. The maximum absolute atomic E-state index is 5.49. The number of hydrogen-bond acceptors (Lipinski definition) is 11. The molecule has 1 aromatic heterocycles. The topological polar surface area (TPSA) is 40.6 Å². The fourth-order valence-electron chi connectivity index (χ4n) is 4.54. The van der Waals surface area contributed by atoms with Crippen LogP contribution < -0.4 is 0 Å². The van der Waals surface area contributed by atoms with Gasteiger partial charge in [-0.25, -0.2) is 4.98 Å². The Morgan fingerprint density at radius 2 is 1.12 bits per heavy atom. The molecular weight excluding hydrogens is 651 g/mol. The van der Waals surface area contributed by atoms with Gasteiger partial charge < -0.3 is 13.3 Å². The first kappa shape index (κ1) is 37.5. The zero-order valence-corrected chi connectivity index (χ0v) is 31.3. The molecule has 0 radical (unpaired) electrons. The summed E-state index contributed by atoms with van der Waals surface area (Å²) in [5.74, 6) is 1.27. The Hall–Kier alpha value is 1.31. The van der Waals surface area contributed by atoms with Gasteiger partial charge in [0.2, 0.25) is 0 Å². The summed E-state index contributed by atoms with van der Waals surface area (Å²) in [4.78, 5) is 4.67. The molecule has 0 aliphatic heterocycles. The predicted molar refractivity (Wildman–Crippen MR) is 194 cm³/mol. The molecule has 4 nitrogen and oxygen atoms in total. The van der Waals surface area contributed by atoms with E-state index in [-0.39, 0.29) is 0 Å². The second-order valence-electron chi connectivity index (χ2n) is 9.83. The molecular formula is C28H49NO3S7Si. The van der Waals surface area contributed by atoms with E-state index in [1.54, 1.807) is 43.5 Å².